The van der Waals surface area contributed by atoms with Crippen molar-refractivity contribution in [3.8, 4) is 0 Å². The lowest BCUT2D eigenvalue weighted by molar-refractivity contribution is -0.140. The molecule has 0 saturated carbocycles. The molecule has 14 heavy (non-hydrogen) atoms. The third-order valence-corrected chi connectivity index (χ3v) is 3.08. The second kappa shape index (κ2) is 3.82. The Morgan fingerprint density at radius 2 is 1.50 bits per heavy atom. The van der Waals surface area contributed by atoms with Crippen molar-refractivity contribution in [2.75, 3.05) is 0 Å². The van der Waals surface area contributed by atoms with Gasteiger partial charge in [-0.2, -0.15) is 5.48 Å². The van der Waals surface area contributed by atoms with Crippen molar-refractivity contribution in [2.45, 2.75) is 66.5 Å². The minimum absolute atomic E-state index is 0.246. The topological polar surface area (TPSA) is 21.3 Å². The smallest absolute Gasteiger partial charge is 0.0839 e. The van der Waals surface area contributed by atoms with E-state index in [2.05, 4.69) is 47.0 Å². The summed E-state index contributed by atoms with van der Waals surface area (Å²) in [5.74, 6) is 0. The maximum Gasteiger partial charge on any atom is 0.0839 e. The summed E-state index contributed by atoms with van der Waals surface area (Å²) in [6, 6.07) is 0.487. The van der Waals surface area contributed by atoms with Crippen LogP contribution in [-0.2, 0) is 4.84 Å². The van der Waals surface area contributed by atoms with E-state index in [0.29, 0.717) is 17.6 Å². The van der Waals surface area contributed by atoms with Crippen LogP contribution in [0.4, 0.5) is 0 Å². The molecule has 0 amide bonds. The second-order valence-electron chi connectivity index (χ2n) is 6.59. The first-order valence-electron chi connectivity index (χ1n) is 5.62. The SMILES string of the molecule is CC(C)(C)[C@@H]1CC[C@H](C(C)(C)C)ON1. The molecule has 2 nitrogen and oxygen atoms in total. The van der Waals surface area contributed by atoms with Gasteiger partial charge in [0.25, 0.3) is 0 Å². The number of hydroxylamine groups is 1. The number of hydrogen-bond donors (Lipinski definition) is 1. The van der Waals surface area contributed by atoms with E-state index in [4.69, 9.17) is 4.84 Å². The van der Waals surface area contributed by atoms with Crippen LogP contribution < -0.4 is 5.48 Å². The van der Waals surface area contributed by atoms with Crippen LogP contribution in [0.1, 0.15) is 54.4 Å². The summed E-state index contributed by atoms with van der Waals surface area (Å²) in [4.78, 5) is 5.73. The predicted octanol–water partition coefficient (Wildman–Crippen LogP) is 3.13. The fourth-order valence-electron chi connectivity index (χ4n) is 1.82. The minimum Gasteiger partial charge on any atom is -0.298 e. The van der Waals surface area contributed by atoms with Crippen LogP contribution in [0, 0.1) is 10.8 Å². The molecule has 0 aromatic rings. The van der Waals surface area contributed by atoms with Gasteiger partial charge in [-0.05, 0) is 23.7 Å². The standard InChI is InChI=1S/C12H25NO/c1-11(2,3)9-7-8-10(14-13-9)12(4,5)6/h9-10,13H,7-8H2,1-6H3/t9-,10+/m0/s1. The lowest BCUT2D eigenvalue weighted by atomic mass is 9.79. The highest BCUT2D eigenvalue weighted by Crippen LogP contribution is 2.33. The predicted molar refractivity (Wildman–Crippen MR) is 59.9 cm³/mol. The van der Waals surface area contributed by atoms with E-state index < -0.39 is 0 Å². The fraction of sp³-hybridized carbons (Fsp3) is 1.00. The van der Waals surface area contributed by atoms with Gasteiger partial charge in [-0.15, -0.1) is 0 Å². The monoisotopic (exact) mass is 199 g/mol. The van der Waals surface area contributed by atoms with Crippen molar-refractivity contribution >= 4 is 0 Å². The molecule has 0 radical (unpaired) electrons. The molecule has 0 spiro atoms. The van der Waals surface area contributed by atoms with Crippen molar-refractivity contribution < 1.29 is 4.84 Å². The van der Waals surface area contributed by atoms with Gasteiger partial charge >= 0.3 is 0 Å². The average molecular weight is 199 g/mol. The van der Waals surface area contributed by atoms with Crippen molar-refractivity contribution in [2.24, 2.45) is 10.8 Å². The highest BCUT2D eigenvalue weighted by Gasteiger charge is 2.35. The van der Waals surface area contributed by atoms with Gasteiger partial charge in [-0.25, -0.2) is 0 Å². The molecular formula is C12H25NO. The Bertz CT molecular complexity index is 157. The van der Waals surface area contributed by atoms with Crippen LogP contribution in [0.5, 0.6) is 0 Å². The molecule has 2 atom stereocenters. The number of nitrogens with one attached hydrogen (secondary N) is 1. The normalized spacial score (nSPS) is 30.4. The zero-order valence-electron chi connectivity index (χ0n) is 10.5. The molecular weight excluding hydrogens is 174 g/mol. The van der Waals surface area contributed by atoms with Crippen molar-refractivity contribution in [1.82, 2.24) is 5.48 Å². The van der Waals surface area contributed by atoms with Gasteiger partial charge in [0.1, 0.15) is 0 Å². The zero-order valence-corrected chi connectivity index (χ0v) is 10.5. The Labute approximate surface area is 88.4 Å². The van der Waals surface area contributed by atoms with E-state index >= 15 is 0 Å². The van der Waals surface area contributed by atoms with Crippen LogP contribution >= 0.6 is 0 Å². The summed E-state index contributed by atoms with van der Waals surface area (Å²) in [6.45, 7) is 13.5. The Balaban J connectivity index is 2.47. The van der Waals surface area contributed by atoms with E-state index in [-0.39, 0.29) is 5.41 Å². The van der Waals surface area contributed by atoms with E-state index in [9.17, 15) is 0 Å². The van der Waals surface area contributed by atoms with Crippen LogP contribution in [0.3, 0.4) is 0 Å². The van der Waals surface area contributed by atoms with Crippen LogP contribution in [0.15, 0.2) is 0 Å². The molecule has 1 fully saturated rings. The first-order chi connectivity index (χ1) is 6.21. The third kappa shape index (κ3) is 2.96. The van der Waals surface area contributed by atoms with E-state index in [1.807, 2.05) is 0 Å². The average Bonchev–Trinajstić information content (AvgIpc) is 2.01. The van der Waals surface area contributed by atoms with Crippen LogP contribution in [0.25, 0.3) is 0 Å². The molecule has 1 N–H and O–H groups in total. The van der Waals surface area contributed by atoms with Gasteiger partial charge in [0.15, 0.2) is 0 Å². The van der Waals surface area contributed by atoms with E-state index in [1.54, 1.807) is 0 Å². The summed E-state index contributed by atoms with van der Waals surface area (Å²) in [7, 11) is 0. The first-order valence-corrected chi connectivity index (χ1v) is 5.62. The van der Waals surface area contributed by atoms with Gasteiger partial charge in [0.05, 0.1) is 6.10 Å². The molecule has 0 aromatic carbocycles. The van der Waals surface area contributed by atoms with Crippen LogP contribution in [-0.4, -0.2) is 12.1 Å². The molecule has 1 aliphatic rings. The molecule has 1 saturated heterocycles. The summed E-state index contributed by atoms with van der Waals surface area (Å²) in [5.41, 5.74) is 3.76. The van der Waals surface area contributed by atoms with Crippen molar-refractivity contribution in [1.29, 1.82) is 0 Å². The molecule has 1 heterocycles. The van der Waals surface area contributed by atoms with Gasteiger partial charge in [-0.3, -0.25) is 4.84 Å². The summed E-state index contributed by atoms with van der Waals surface area (Å²) in [5, 5.41) is 0. The van der Waals surface area contributed by atoms with E-state index in [0.717, 1.165) is 0 Å². The van der Waals surface area contributed by atoms with Crippen LogP contribution in [0.2, 0.25) is 0 Å². The summed E-state index contributed by atoms with van der Waals surface area (Å²) in [6.07, 6.45) is 2.73. The maximum absolute atomic E-state index is 5.73. The number of hydrogen-bond acceptors (Lipinski definition) is 2. The number of rotatable bonds is 0. The Kier molecular flexibility index (Phi) is 3.27. The largest absolute Gasteiger partial charge is 0.298 e. The molecule has 1 aliphatic heterocycles. The fourth-order valence-corrected chi connectivity index (χ4v) is 1.82. The molecule has 0 unspecified atom stereocenters. The Morgan fingerprint density at radius 1 is 0.929 bits per heavy atom. The lowest BCUT2D eigenvalue weighted by Crippen LogP contribution is -2.49. The Hall–Kier alpha value is -0.0800. The summed E-state index contributed by atoms with van der Waals surface area (Å²) < 4.78 is 0. The second-order valence-corrected chi connectivity index (χ2v) is 6.59. The highest BCUT2D eigenvalue weighted by molar-refractivity contribution is 4.85. The van der Waals surface area contributed by atoms with E-state index in [1.165, 1.54) is 12.8 Å². The first kappa shape index (κ1) is 12.0. The maximum atomic E-state index is 5.73. The summed E-state index contributed by atoms with van der Waals surface area (Å²) >= 11 is 0. The quantitative estimate of drug-likeness (QED) is 0.647. The lowest BCUT2D eigenvalue weighted by Gasteiger charge is -2.41. The molecule has 2 heteroatoms. The van der Waals surface area contributed by atoms with Gasteiger partial charge in [-0.1, -0.05) is 41.5 Å². The minimum atomic E-state index is 0.246. The van der Waals surface area contributed by atoms with Gasteiger partial charge in [0.2, 0.25) is 0 Å². The Morgan fingerprint density at radius 3 is 1.79 bits per heavy atom. The third-order valence-electron chi connectivity index (χ3n) is 3.08. The molecule has 1 rings (SSSR count). The molecule has 0 aliphatic carbocycles. The van der Waals surface area contributed by atoms with Crippen molar-refractivity contribution in [3.63, 3.8) is 0 Å². The molecule has 0 bridgehead atoms. The highest BCUT2D eigenvalue weighted by atomic mass is 16.7. The van der Waals surface area contributed by atoms with Gasteiger partial charge < -0.3 is 0 Å². The molecule has 84 valence electrons. The zero-order chi connectivity index (χ0) is 11.0. The van der Waals surface area contributed by atoms with Gasteiger partial charge in [0, 0.05) is 6.04 Å². The molecule has 0 aromatic heterocycles. The van der Waals surface area contributed by atoms with Crippen molar-refractivity contribution in [3.05, 3.63) is 0 Å².